The quantitative estimate of drug-likeness (QED) is 0.707. The van der Waals surface area contributed by atoms with E-state index in [9.17, 15) is 19.2 Å². The van der Waals surface area contributed by atoms with Crippen LogP contribution in [0, 0.1) is 0 Å². The van der Waals surface area contributed by atoms with Crippen molar-refractivity contribution in [1.29, 1.82) is 0 Å². The van der Waals surface area contributed by atoms with Gasteiger partial charge in [0.2, 0.25) is 11.8 Å². The molecule has 3 rings (SSSR count). The average molecular weight is 339 g/mol. The van der Waals surface area contributed by atoms with Crippen LogP contribution < -0.4 is 5.32 Å². The van der Waals surface area contributed by atoms with Crippen molar-refractivity contribution in [2.24, 2.45) is 0 Å². The van der Waals surface area contributed by atoms with Crippen LogP contribution in [0.15, 0.2) is 21.7 Å². The van der Waals surface area contributed by atoms with Gasteiger partial charge in [-0.25, -0.2) is 0 Å². The number of piperidine rings is 1. The second kappa shape index (κ2) is 4.66. The van der Waals surface area contributed by atoms with Crippen LogP contribution in [0.3, 0.4) is 0 Å². The number of allylic oxidation sites excluding steroid dienone is 2. The van der Waals surface area contributed by atoms with Crippen molar-refractivity contribution < 1.29 is 19.2 Å². The number of halogens is 1. The maximum absolute atomic E-state index is 12.4. The minimum atomic E-state index is -0.896. The maximum Gasteiger partial charge on any atom is 0.263 e. The van der Waals surface area contributed by atoms with E-state index in [1.54, 1.807) is 6.08 Å². The molecule has 2 heterocycles. The van der Waals surface area contributed by atoms with Crippen LogP contribution >= 0.6 is 15.9 Å². The number of nitrogens with one attached hydrogen (secondary N) is 1. The molecule has 0 aromatic heterocycles. The van der Waals surface area contributed by atoms with Crippen LogP contribution in [-0.4, -0.2) is 34.6 Å². The first-order valence-corrected chi connectivity index (χ1v) is 7.10. The van der Waals surface area contributed by atoms with Gasteiger partial charge in [-0.3, -0.25) is 29.4 Å². The number of hydrogen-bond acceptors (Lipinski definition) is 4. The summed E-state index contributed by atoms with van der Waals surface area (Å²) < 4.78 is 0.697. The molecule has 1 N–H and O–H groups in total. The Bertz CT molecular complexity index is 620. The highest BCUT2D eigenvalue weighted by molar-refractivity contribution is 9.11. The van der Waals surface area contributed by atoms with E-state index in [1.165, 1.54) is 0 Å². The van der Waals surface area contributed by atoms with Gasteiger partial charge in [0.15, 0.2) is 0 Å². The molecule has 0 aromatic rings. The lowest BCUT2D eigenvalue weighted by Crippen LogP contribution is -2.54. The number of imide groups is 2. The molecular weight excluding hydrogens is 328 g/mol. The summed E-state index contributed by atoms with van der Waals surface area (Å²) in [5, 5.41) is 2.17. The van der Waals surface area contributed by atoms with Gasteiger partial charge in [-0.15, -0.1) is 0 Å². The summed E-state index contributed by atoms with van der Waals surface area (Å²) in [7, 11) is 0. The molecule has 0 spiro atoms. The third-order valence-electron chi connectivity index (χ3n) is 3.66. The van der Waals surface area contributed by atoms with Crippen LogP contribution in [0.1, 0.15) is 25.7 Å². The molecule has 0 radical (unpaired) electrons. The lowest BCUT2D eigenvalue weighted by atomic mass is 10.0. The number of carbonyl (C=O) groups excluding carboxylic acids is 4. The van der Waals surface area contributed by atoms with Gasteiger partial charge >= 0.3 is 0 Å². The molecule has 3 aliphatic rings. The molecule has 4 amide bonds. The predicted octanol–water partition coefficient (Wildman–Crippen LogP) is 0.530. The Morgan fingerprint density at radius 2 is 1.90 bits per heavy atom. The largest absolute Gasteiger partial charge is 0.295 e. The molecule has 2 aliphatic heterocycles. The number of nitrogens with zero attached hydrogens (tertiary/aromatic N) is 1. The Kier molecular flexibility index (Phi) is 3.08. The number of amides is 4. The van der Waals surface area contributed by atoms with E-state index < -0.39 is 23.8 Å². The first kappa shape index (κ1) is 13.2. The monoisotopic (exact) mass is 338 g/mol. The lowest BCUT2D eigenvalue weighted by Gasteiger charge is -2.27. The first-order chi connectivity index (χ1) is 9.50. The van der Waals surface area contributed by atoms with Crippen molar-refractivity contribution in [3.05, 3.63) is 21.7 Å². The zero-order valence-corrected chi connectivity index (χ0v) is 12.0. The zero-order chi connectivity index (χ0) is 14.4. The smallest absolute Gasteiger partial charge is 0.263 e. The predicted molar refractivity (Wildman–Crippen MR) is 71.3 cm³/mol. The fourth-order valence-electron chi connectivity index (χ4n) is 2.70. The Balaban J connectivity index is 1.98. The molecular formula is C13H11BrN2O4. The first-order valence-electron chi connectivity index (χ1n) is 6.31. The Morgan fingerprint density at radius 1 is 1.15 bits per heavy atom. The van der Waals surface area contributed by atoms with Crippen LogP contribution in [0.25, 0.3) is 0 Å². The summed E-state index contributed by atoms with van der Waals surface area (Å²) in [6.45, 7) is 0. The van der Waals surface area contributed by atoms with E-state index in [-0.39, 0.29) is 18.7 Å². The van der Waals surface area contributed by atoms with E-state index in [4.69, 9.17) is 0 Å². The fraction of sp³-hybridized carbons (Fsp3) is 0.385. The lowest BCUT2D eigenvalue weighted by molar-refractivity contribution is -0.149. The molecule has 0 bridgehead atoms. The number of likely N-dealkylation sites (tertiary alicyclic amines) is 1. The van der Waals surface area contributed by atoms with E-state index >= 15 is 0 Å². The average Bonchev–Trinajstić information content (AvgIpc) is 2.64. The molecule has 0 saturated carbocycles. The topological polar surface area (TPSA) is 83.6 Å². The van der Waals surface area contributed by atoms with Gasteiger partial charge in [0, 0.05) is 16.5 Å². The van der Waals surface area contributed by atoms with Gasteiger partial charge in [0.1, 0.15) is 6.04 Å². The maximum atomic E-state index is 12.4. The normalized spacial score (nSPS) is 26.8. The zero-order valence-electron chi connectivity index (χ0n) is 10.4. The highest BCUT2D eigenvalue weighted by atomic mass is 79.9. The van der Waals surface area contributed by atoms with Crippen LogP contribution in [0.2, 0.25) is 0 Å². The summed E-state index contributed by atoms with van der Waals surface area (Å²) in [5.41, 5.74) is 0.712. The van der Waals surface area contributed by atoms with E-state index in [0.717, 1.165) is 4.90 Å². The fourth-order valence-corrected chi connectivity index (χ4v) is 3.31. The molecule has 1 aliphatic carbocycles. The van der Waals surface area contributed by atoms with E-state index in [0.29, 0.717) is 28.5 Å². The van der Waals surface area contributed by atoms with Gasteiger partial charge in [0.05, 0.1) is 5.57 Å². The van der Waals surface area contributed by atoms with Crippen molar-refractivity contribution in [1.82, 2.24) is 10.2 Å². The molecule has 104 valence electrons. The van der Waals surface area contributed by atoms with Crippen molar-refractivity contribution in [2.75, 3.05) is 0 Å². The van der Waals surface area contributed by atoms with Crippen LogP contribution in [0.4, 0.5) is 0 Å². The molecule has 20 heavy (non-hydrogen) atoms. The molecule has 2 saturated heterocycles. The third kappa shape index (κ3) is 1.84. The standard InChI is InChI=1S/C13H11BrN2O4/c14-7-3-1-2-6-10(7)13(20)16(12(6)19)8-4-5-9(17)15-11(8)18/h2,8H,1,3-5H2,(H,15,17,18). The number of carbonyl (C=O) groups is 4. The molecule has 2 fully saturated rings. The minimum absolute atomic E-state index is 0.132. The van der Waals surface area contributed by atoms with Gasteiger partial charge in [-0.2, -0.15) is 0 Å². The summed E-state index contributed by atoms with van der Waals surface area (Å²) in [4.78, 5) is 48.7. The summed E-state index contributed by atoms with van der Waals surface area (Å²) in [6.07, 6.45) is 3.39. The molecule has 0 aromatic carbocycles. The van der Waals surface area contributed by atoms with Crippen molar-refractivity contribution in [3.8, 4) is 0 Å². The van der Waals surface area contributed by atoms with Gasteiger partial charge in [-0.1, -0.05) is 22.0 Å². The van der Waals surface area contributed by atoms with Gasteiger partial charge < -0.3 is 0 Å². The number of hydrogen-bond donors (Lipinski definition) is 1. The second-order valence-electron chi connectivity index (χ2n) is 4.88. The van der Waals surface area contributed by atoms with Crippen molar-refractivity contribution >= 4 is 39.6 Å². The summed E-state index contributed by atoms with van der Waals surface area (Å²) >= 11 is 3.32. The van der Waals surface area contributed by atoms with Gasteiger partial charge in [0.25, 0.3) is 11.8 Å². The Labute approximate surface area is 123 Å². The molecule has 6 nitrogen and oxygen atoms in total. The molecule has 1 atom stereocenters. The number of fused-ring (bicyclic) bond motifs is 1. The second-order valence-corrected chi connectivity index (χ2v) is 5.84. The van der Waals surface area contributed by atoms with Crippen molar-refractivity contribution in [2.45, 2.75) is 31.7 Å². The Morgan fingerprint density at radius 3 is 2.55 bits per heavy atom. The van der Waals surface area contributed by atoms with E-state index in [1.807, 2.05) is 0 Å². The third-order valence-corrected chi connectivity index (χ3v) is 4.45. The van der Waals surface area contributed by atoms with Crippen molar-refractivity contribution in [3.63, 3.8) is 0 Å². The van der Waals surface area contributed by atoms with Crippen LogP contribution in [0.5, 0.6) is 0 Å². The summed E-state index contributed by atoms with van der Waals surface area (Å²) in [6, 6.07) is -0.896. The molecule has 7 heteroatoms. The summed E-state index contributed by atoms with van der Waals surface area (Å²) in [5.74, 6) is -1.86. The highest BCUT2D eigenvalue weighted by Gasteiger charge is 2.47. The SMILES string of the molecule is O=C1CCC(N2C(=O)C3=CCCC(Br)=C3C2=O)C(=O)N1. The van der Waals surface area contributed by atoms with Gasteiger partial charge in [-0.05, 0) is 19.3 Å². The number of rotatable bonds is 1. The highest BCUT2D eigenvalue weighted by Crippen LogP contribution is 2.37. The Hall–Kier alpha value is -1.76. The molecule has 1 unspecified atom stereocenters. The van der Waals surface area contributed by atoms with Crippen LogP contribution in [-0.2, 0) is 19.2 Å². The van der Waals surface area contributed by atoms with E-state index in [2.05, 4.69) is 21.2 Å². The minimum Gasteiger partial charge on any atom is -0.295 e.